The van der Waals surface area contributed by atoms with Crippen LogP contribution in [0.5, 0.6) is 0 Å². The van der Waals surface area contributed by atoms with Gasteiger partial charge in [-0.05, 0) is 18.2 Å². The molecule has 0 atom stereocenters. The first kappa shape index (κ1) is 9.28. The van der Waals surface area contributed by atoms with Gasteiger partial charge in [0.05, 0.1) is 24.3 Å². The van der Waals surface area contributed by atoms with Gasteiger partial charge in [0.2, 0.25) is 0 Å². The largest absolute Gasteiger partial charge is 0.481 e. The molecule has 0 saturated carbocycles. The Morgan fingerprint density at radius 3 is 3.00 bits per heavy atom. The average molecular weight is 201 g/mol. The molecule has 2 rings (SSSR count). The summed E-state index contributed by atoms with van der Waals surface area (Å²) in [5.41, 5.74) is 1.69. The first-order chi connectivity index (χ1) is 7.20. The predicted molar refractivity (Wildman–Crippen MR) is 52.3 cm³/mol. The van der Waals surface area contributed by atoms with Crippen molar-refractivity contribution in [3.8, 4) is 6.07 Å². The highest BCUT2D eigenvalue weighted by molar-refractivity contribution is 5.86. The molecule has 1 aromatic heterocycles. The highest BCUT2D eigenvalue weighted by atomic mass is 16.4. The van der Waals surface area contributed by atoms with Crippen LogP contribution in [0.15, 0.2) is 28.9 Å². The van der Waals surface area contributed by atoms with Crippen molar-refractivity contribution in [3.05, 3.63) is 35.6 Å². The standard InChI is InChI=1S/C11H7NO3/c12-5-7-1-2-10-9(3-7)8(6-15-10)4-11(13)14/h1-3,6H,4H2,(H,13,14). The molecule has 1 aromatic carbocycles. The second-order valence-corrected chi connectivity index (χ2v) is 3.15. The van der Waals surface area contributed by atoms with Crippen LogP contribution in [0.4, 0.5) is 0 Å². The van der Waals surface area contributed by atoms with E-state index in [1.54, 1.807) is 18.2 Å². The summed E-state index contributed by atoms with van der Waals surface area (Å²) in [6.45, 7) is 0. The van der Waals surface area contributed by atoms with Crippen molar-refractivity contribution >= 4 is 16.9 Å². The molecule has 0 aliphatic rings. The molecule has 0 aliphatic carbocycles. The van der Waals surface area contributed by atoms with E-state index in [0.29, 0.717) is 22.1 Å². The Bertz CT molecular complexity index is 563. The lowest BCUT2D eigenvalue weighted by atomic mass is 10.1. The van der Waals surface area contributed by atoms with E-state index < -0.39 is 5.97 Å². The molecule has 0 bridgehead atoms. The maximum atomic E-state index is 10.6. The van der Waals surface area contributed by atoms with E-state index in [4.69, 9.17) is 14.8 Å². The summed E-state index contributed by atoms with van der Waals surface area (Å²) in [5, 5.41) is 18.1. The maximum Gasteiger partial charge on any atom is 0.307 e. The Labute approximate surface area is 85.4 Å². The second-order valence-electron chi connectivity index (χ2n) is 3.15. The molecule has 0 amide bonds. The van der Waals surface area contributed by atoms with E-state index in [-0.39, 0.29) is 6.42 Å². The minimum atomic E-state index is -0.917. The van der Waals surface area contributed by atoms with Gasteiger partial charge in [0.1, 0.15) is 5.58 Å². The molecular weight excluding hydrogens is 194 g/mol. The summed E-state index contributed by atoms with van der Waals surface area (Å²) in [5.74, 6) is -0.917. The number of nitriles is 1. The molecule has 0 radical (unpaired) electrons. The summed E-state index contributed by atoms with van der Waals surface area (Å²) in [7, 11) is 0. The molecular formula is C11H7NO3. The number of nitrogens with zero attached hydrogens (tertiary/aromatic N) is 1. The molecule has 4 nitrogen and oxygen atoms in total. The molecule has 0 unspecified atom stereocenters. The number of carboxylic acid groups (broad SMARTS) is 1. The molecule has 4 heteroatoms. The Kier molecular flexibility index (Phi) is 2.14. The van der Waals surface area contributed by atoms with E-state index in [1.165, 1.54) is 6.26 Å². The predicted octanol–water partition coefficient (Wildman–Crippen LogP) is 1.93. The molecule has 0 spiro atoms. The fourth-order valence-corrected chi connectivity index (χ4v) is 1.45. The van der Waals surface area contributed by atoms with Crippen LogP contribution in [0.3, 0.4) is 0 Å². The van der Waals surface area contributed by atoms with Crippen LogP contribution in [0.2, 0.25) is 0 Å². The quantitative estimate of drug-likeness (QED) is 0.805. The zero-order valence-corrected chi connectivity index (χ0v) is 7.73. The van der Waals surface area contributed by atoms with Gasteiger partial charge in [-0.1, -0.05) is 0 Å². The summed E-state index contributed by atoms with van der Waals surface area (Å²) in [6.07, 6.45) is 1.32. The Morgan fingerprint density at radius 2 is 2.33 bits per heavy atom. The number of benzene rings is 1. The first-order valence-corrected chi connectivity index (χ1v) is 4.32. The second kappa shape index (κ2) is 3.46. The number of fused-ring (bicyclic) bond motifs is 1. The minimum absolute atomic E-state index is 0.0954. The van der Waals surface area contributed by atoms with Crippen molar-refractivity contribution < 1.29 is 14.3 Å². The summed E-state index contributed by atoms with van der Waals surface area (Å²) >= 11 is 0. The van der Waals surface area contributed by atoms with Gasteiger partial charge >= 0.3 is 5.97 Å². The molecule has 0 saturated heterocycles. The van der Waals surface area contributed by atoms with Crippen LogP contribution >= 0.6 is 0 Å². The van der Waals surface area contributed by atoms with Crippen molar-refractivity contribution in [1.82, 2.24) is 0 Å². The fourth-order valence-electron chi connectivity index (χ4n) is 1.45. The van der Waals surface area contributed by atoms with Crippen LogP contribution in [0, 0.1) is 11.3 Å². The third kappa shape index (κ3) is 1.67. The molecule has 0 aliphatic heterocycles. The van der Waals surface area contributed by atoms with E-state index in [1.807, 2.05) is 6.07 Å². The van der Waals surface area contributed by atoms with Gasteiger partial charge in [0.15, 0.2) is 0 Å². The van der Waals surface area contributed by atoms with Crippen molar-refractivity contribution in [1.29, 1.82) is 5.26 Å². The van der Waals surface area contributed by atoms with Crippen LogP contribution in [0.1, 0.15) is 11.1 Å². The molecule has 1 N–H and O–H groups in total. The average Bonchev–Trinajstić information content (AvgIpc) is 2.60. The van der Waals surface area contributed by atoms with Crippen molar-refractivity contribution in [2.45, 2.75) is 6.42 Å². The van der Waals surface area contributed by atoms with Gasteiger partial charge in [0, 0.05) is 10.9 Å². The molecule has 15 heavy (non-hydrogen) atoms. The van der Waals surface area contributed by atoms with Crippen molar-refractivity contribution in [2.24, 2.45) is 0 Å². The topological polar surface area (TPSA) is 74.2 Å². The smallest absolute Gasteiger partial charge is 0.307 e. The van der Waals surface area contributed by atoms with Gasteiger partial charge in [-0.15, -0.1) is 0 Å². The van der Waals surface area contributed by atoms with Crippen LogP contribution < -0.4 is 0 Å². The van der Waals surface area contributed by atoms with Gasteiger partial charge in [-0.25, -0.2) is 0 Å². The third-order valence-corrected chi connectivity index (χ3v) is 2.12. The number of rotatable bonds is 2. The van der Waals surface area contributed by atoms with Gasteiger partial charge in [-0.3, -0.25) is 4.79 Å². The van der Waals surface area contributed by atoms with Crippen LogP contribution in [0.25, 0.3) is 11.0 Å². The van der Waals surface area contributed by atoms with E-state index in [2.05, 4.69) is 0 Å². The minimum Gasteiger partial charge on any atom is -0.481 e. The van der Waals surface area contributed by atoms with E-state index in [9.17, 15) is 4.79 Å². The highest BCUT2D eigenvalue weighted by Crippen LogP contribution is 2.22. The zero-order chi connectivity index (χ0) is 10.8. The molecule has 74 valence electrons. The fraction of sp³-hybridized carbons (Fsp3) is 0.0909. The lowest BCUT2D eigenvalue weighted by molar-refractivity contribution is -0.136. The van der Waals surface area contributed by atoms with Gasteiger partial charge < -0.3 is 9.52 Å². The maximum absolute atomic E-state index is 10.6. The van der Waals surface area contributed by atoms with Crippen molar-refractivity contribution in [2.75, 3.05) is 0 Å². The highest BCUT2D eigenvalue weighted by Gasteiger charge is 2.09. The SMILES string of the molecule is N#Cc1ccc2occ(CC(=O)O)c2c1. The number of carboxylic acids is 1. The Hall–Kier alpha value is -2.28. The Morgan fingerprint density at radius 1 is 1.53 bits per heavy atom. The van der Waals surface area contributed by atoms with E-state index in [0.717, 1.165) is 0 Å². The van der Waals surface area contributed by atoms with Gasteiger partial charge in [0.25, 0.3) is 0 Å². The summed E-state index contributed by atoms with van der Waals surface area (Å²) in [6, 6.07) is 6.94. The number of aliphatic carboxylic acids is 1. The number of hydrogen-bond acceptors (Lipinski definition) is 3. The van der Waals surface area contributed by atoms with Gasteiger partial charge in [-0.2, -0.15) is 5.26 Å². The lowest BCUT2D eigenvalue weighted by Gasteiger charge is -1.93. The number of hydrogen-bond donors (Lipinski definition) is 1. The van der Waals surface area contributed by atoms with E-state index >= 15 is 0 Å². The van der Waals surface area contributed by atoms with Crippen LogP contribution in [-0.4, -0.2) is 11.1 Å². The van der Waals surface area contributed by atoms with Crippen LogP contribution in [-0.2, 0) is 11.2 Å². The number of furan rings is 1. The monoisotopic (exact) mass is 201 g/mol. The summed E-state index contributed by atoms with van der Waals surface area (Å²) < 4.78 is 5.18. The lowest BCUT2D eigenvalue weighted by Crippen LogP contribution is -1.98. The Balaban J connectivity index is 2.57. The molecule has 0 fully saturated rings. The zero-order valence-electron chi connectivity index (χ0n) is 7.73. The number of carbonyl (C=O) groups is 1. The molecule has 1 heterocycles. The molecule has 2 aromatic rings. The summed E-state index contributed by atoms with van der Waals surface area (Å²) in [4.78, 5) is 10.6. The van der Waals surface area contributed by atoms with Crippen molar-refractivity contribution in [3.63, 3.8) is 0 Å². The first-order valence-electron chi connectivity index (χ1n) is 4.32. The third-order valence-electron chi connectivity index (χ3n) is 2.12. The normalized spacial score (nSPS) is 10.1.